The molecule has 0 aromatic heterocycles. The molecule has 0 aromatic rings. The van der Waals surface area contributed by atoms with Gasteiger partial charge in [0.1, 0.15) is 11.7 Å². The molecule has 3 fully saturated rings. The molecule has 1 unspecified atom stereocenters. The van der Waals surface area contributed by atoms with Crippen LogP contribution in [0.1, 0.15) is 89.9 Å². The highest BCUT2D eigenvalue weighted by molar-refractivity contribution is 5.82. The van der Waals surface area contributed by atoms with E-state index in [1.807, 2.05) is 0 Å². The highest BCUT2D eigenvalue weighted by atomic mass is 16.6. The summed E-state index contributed by atoms with van der Waals surface area (Å²) in [5, 5.41) is 0. The number of ether oxygens (including phenoxy) is 1. The van der Waals surface area contributed by atoms with Crippen LogP contribution in [0.25, 0.3) is 0 Å². The summed E-state index contributed by atoms with van der Waals surface area (Å²) < 4.78 is 5.30. The zero-order chi connectivity index (χ0) is 15.2. The summed E-state index contributed by atoms with van der Waals surface area (Å²) in [5.74, 6) is 2.91. The first kappa shape index (κ1) is 16.1. The molecular formula is C20H32O2. The fraction of sp³-hybridized carbons (Fsp3) is 0.850. The maximum absolute atomic E-state index is 11.7. The van der Waals surface area contributed by atoms with Crippen LogP contribution in [-0.2, 0) is 9.53 Å². The summed E-state index contributed by atoms with van der Waals surface area (Å²) in [7, 11) is 0. The molecule has 1 aliphatic heterocycles. The van der Waals surface area contributed by atoms with Crippen LogP contribution in [0.2, 0.25) is 0 Å². The van der Waals surface area contributed by atoms with Crippen LogP contribution < -0.4 is 0 Å². The third-order valence-corrected chi connectivity index (χ3v) is 6.08. The molecule has 0 amide bonds. The van der Waals surface area contributed by atoms with Crippen LogP contribution in [0.4, 0.5) is 0 Å². The van der Waals surface area contributed by atoms with Crippen molar-refractivity contribution in [1.29, 1.82) is 0 Å². The van der Waals surface area contributed by atoms with E-state index in [0.29, 0.717) is 0 Å². The fourth-order valence-corrected chi connectivity index (χ4v) is 4.58. The van der Waals surface area contributed by atoms with Gasteiger partial charge >= 0.3 is 5.97 Å². The van der Waals surface area contributed by atoms with Crippen LogP contribution in [0.15, 0.2) is 11.8 Å². The minimum absolute atomic E-state index is 0.0275. The maximum atomic E-state index is 11.7. The molecule has 0 spiro atoms. The van der Waals surface area contributed by atoms with Gasteiger partial charge in [-0.15, -0.1) is 0 Å². The maximum Gasteiger partial charge on any atom is 0.321 e. The Hall–Kier alpha value is -0.790. The smallest absolute Gasteiger partial charge is 0.321 e. The monoisotopic (exact) mass is 304 g/mol. The Bertz CT molecular complexity index is 387. The molecule has 2 aliphatic carbocycles. The van der Waals surface area contributed by atoms with E-state index in [4.69, 9.17) is 4.74 Å². The molecule has 124 valence electrons. The van der Waals surface area contributed by atoms with Crippen molar-refractivity contribution in [3.63, 3.8) is 0 Å². The number of hydrogen-bond acceptors (Lipinski definition) is 2. The minimum Gasteiger partial charge on any atom is -0.430 e. The Balaban J connectivity index is 1.38. The molecule has 3 aliphatic rings. The Kier molecular flexibility index (Phi) is 5.97. The molecule has 1 heterocycles. The van der Waals surface area contributed by atoms with E-state index in [-0.39, 0.29) is 11.9 Å². The largest absolute Gasteiger partial charge is 0.430 e. The first-order valence-electron chi connectivity index (χ1n) is 9.74. The molecule has 0 N–H and O–H groups in total. The van der Waals surface area contributed by atoms with Crippen LogP contribution in [-0.4, -0.2) is 5.97 Å². The SMILES string of the molecule is O=C1O/C(=C\CCC2CCCCC2)C1CCC1CCCCC1. The van der Waals surface area contributed by atoms with Gasteiger partial charge in [-0.3, -0.25) is 4.79 Å². The second-order valence-electron chi connectivity index (χ2n) is 7.74. The molecule has 1 saturated heterocycles. The van der Waals surface area contributed by atoms with Crippen molar-refractivity contribution in [3.8, 4) is 0 Å². The molecule has 0 radical (unpaired) electrons. The van der Waals surface area contributed by atoms with Crippen LogP contribution in [0, 0.1) is 17.8 Å². The van der Waals surface area contributed by atoms with Gasteiger partial charge in [0.05, 0.1) is 0 Å². The quantitative estimate of drug-likeness (QED) is 0.583. The van der Waals surface area contributed by atoms with Gasteiger partial charge in [0.25, 0.3) is 0 Å². The molecule has 1 atom stereocenters. The van der Waals surface area contributed by atoms with Crippen molar-refractivity contribution in [2.24, 2.45) is 17.8 Å². The lowest BCUT2D eigenvalue weighted by Crippen LogP contribution is -2.33. The predicted octanol–water partition coefficient (Wildman–Crippen LogP) is 5.76. The molecule has 2 nitrogen and oxygen atoms in total. The molecule has 2 saturated carbocycles. The Labute approximate surface area is 135 Å². The number of hydrogen-bond donors (Lipinski definition) is 0. The zero-order valence-corrected chi connectivity index (χ0v) is 14.0. The van der Waals surface area contributed by atoms with Gasteiger partial charge in [-0.05, 0) is 43.6 Å². The van der Waals surface area contributed by atoms with E-state index in [2.05, 4.69) is 6.08 Å². The van der Waals surface area contributed by atoms with Crippen molar-refractivity contribution < 1.29 is 9.53 Å². The zero-order valence-electron chi connectivity index (χ0n) is 14.0. The molecule has 0 aromatic carbocycles. The topological polar surface area (TPSA) is 26.3 Å². The van der Waals surface area contributed by atoms with Crippen LogP contribution in [0.5, 0.6) is 0 Å². The van der Waals surface area contributed by atoms with Crippen molar-refractivity contribution in [1.82, 2.24) is 0 Å². The van der Waals surface area contributed by atoms with Gasteiger partial charge < -0.3 is 4.74 Å². The van der Waals surface area contributed by atoms with Crippen LogP contribution in [0.3, 0.4) is 0 Å². The Morgan fingerprint density at radius 2 is 1.41 bits per heavy atom. The predicted molar refractivity (Wildman–Crippen MR) is 89.3 cm³/mol. The lowest BCUT2D eigenvalue weighted by Gasteiger charge is -2.30. The fourth-order valence-electron chi connectivity index (χ4n) is 4.58. The van der Waals surface area contributed by atoms with Gasteiger partial charge in [-0.25, -0.2) is 0 Å². The highest BCUT2D eigenvalue weighted by Gasteiger charge is 2.37. The van der Waals surface area contributed by atoms with Gasteiger partial charge in [-0.2, -0.15) is 0 Å². The van der Waals surface area contributed by atoms with Crippen molar-refractivity contribution in [2.75, 3.05) is 0 Å². The number of allylic oxidation sites excluding steroid dienone is 1. The number of carbonyl (C=O) groups is 1. The molecule has 2 heteroatoms. The van der Waals surface area contributed by atoms with Gasteiger partial charge in [0, 0.05) is 0 Å². The first-order valence-corrected chi connectivity index (χ1v) is 9.74. The van der Waals surface area contributed by atoms with Gasteiger partial charge in [0.2, 0.25) is 0 Å². The first-order chi connectivity index (χ1) is 10.8. The summed E-state index contributed by atoms with van der Waals surface area (Å²) in [5.41, 5.74) is 0. The molecule has 22 heavy (non-hydrogen) atoms. The number of cyclic esters (lactones) is 1. The average Bonchev–Trinajstić information content (AvgIpc) is 2.56. The van der Waals surface area contributed by atoms with E-state index in [1.54, 1.807) is 0 Å². The molecular weight excluding hydrogens is 272 g/mol. The standard InChI is InChI=1S/C20H32O2/c21-20-18(15-14-17-10-5-2-6-11-17)19(22-20)13-7-12-16-8-3-1-4-9-16/h13,16-18H,1-12,14-15H2/b19-13-. The van der Waals surface area contributed by atoms with Gasteiger partial charge in [0.15, 0.2) is 0 Å². The summed E-state index contributed by atoms with van der Waals surface area (Å²) in [6, 6.07) is 0. The normalized spacial score (nSPS) is 29.4. The number of carbonyl (C=O) groups excluding carboxylic acids is 1. The van der Waals surface area contributed by atoms with E-state index in [1.165, 1.54) is 77.0 Å². The summed E-state index contributed by atoms with van der Waals surface area (Å²) >= 11 is 0. The number of rotatable bonds is 6. The Morgan fingerprint density at radius 1 is 0.818 bits per heavy atom. The average molecular weight is 304 g/mol. The lowest BCUT2D eigenvalue weighted by molar-refractivity contribution is -0.157. The molecule has 0 bridgehead atoms. The van der Waals surface area contributed by atoms with E-state index in [0.717, 1.165) is 30.4 Å². The van der Waals surface area contributed by atoms with Crippen molar-refractivity contribution in [2.45, 2.75) is 89.9 Å². The summed E-state index contributed by atoms with van der Waals surface area (Å²) in [6.45, 7) is 0. The summed E-state index contributed by atoms with van der Waals surface area (Å²) in [6.07, 6.45) is 20.9. The third kappa shape index (κ3) is 4.36. The van der Waals surface area contributed by atoms with Crippen molar-refractivity contribution in [3.05, 3.63) is 11.8 Å². The van der Waals surface area contributed by atoms with Gasteiger partial charge in [-0.1, -0.05) is 64.2 Å². The van der Waals surface area contributed by atoms with Crippen molar-refractivity contribution >= 4 is 5.97 Å². The second kappa shape index (κ2) is 8.17. The minimum atomic E-state index is 0.0275. The lowest BCUT2D eigenvalue weighted by atomic mass is 9.82. The third-order valence-electron chi connectivity index (χ3n) is 6.08. The van der Waals surface area contributed by atoms with E-state index < -0.39 is 0 Å². The highest BCUT2D eigenvalue weighted by Crippen LogP contribution is 2.36. The Morgan fingerprint density at radius 3 is 2.00 bits per heavy atom. The van der Waals surface area contributed by atoms with E-state index >= 15 is 0 Å². The van der Waals surface area contributed by atoms with Crippen LogP contribution >= 0.6 is 0 Å². The number of esters is 1. The molecule has 3 rings (SSSR count). The van der Waals surface area contributed by atoms with E-state index in [9.17, 15) is 4.79 Å². The summed E-state index contributed by atoms with van der Waals surface area (Å²) in [4.78, 5) is 11.7. The second-order valence-corrected chi connectivity index (χ2v) is 7.74.